The van der Waals surface area contributed by atoms with Crippen LogP contribution in [0.5, 0.6) is 0 Å². The lowest BCUT2D eigenvalue weighted by molar-refractivity contribution is 0.529. The molecule has 3 aromatic carbocycles. The molecule has 0 spiro atoms. The molecule has 0 radical (unpaired) electrons. The maximum absolute atomic E-state index is 14.5. The van der Waals surface area contributed by atoms with Gasteiger partial charge in [-0.1, -0.05) is 84.6 Å². The average molecular weight is 443 g/mol. The van der Waals surface area contributed by atoms with Crippen LogP contribution in [0, 0.1) is 5.82 Å². The minimum absolute atomic E-state index is 0.328. The summed E-state index contributed by atoms with van der Waals surface area (Å²) in [6.45, 7) is 0.528. The predicted molar refractivity (Wildman–Crippen MR) is 122 cm³/mol. The average Bonchev–Trinajstić information content (AvgIpc) is 3.47. The molecule has 32 heavy (non-hydrogen) atoms. The van der Waals surface area contributed by atoms with Crippen molar-refractivity contribution in [2.24, 2.45) is 0 Å². The topological polar surface area (TPSA) is 56.7 Å². The van der Waals surface area contributed by atoms with Crippen LogP contribution >= 0.6 is 11.8 Å². The van der Waals surface area contributed by atoms with Crippen molar-refractivity contribution in [3.63, 3.8) is 0 Å². The molecule has 5 nitrogen and oxygen atoms in total. The first-order valence-corrected chi connectivity index (χ1v) is 11.1. The van der Waals surface area contributed by atoms with Crippen LogP contribution in [0.4, 0.5) is 4.39 Å². The fraction of sp³-hybridized carbons (Fsp3) is 0.0800. The summed E-state index contributed by atoms with van der Waals surface area (Å²) in [5.41, 5.74) is 2.48. The highest BCUT2D eigenvalue weighted by Gasteiger charge is 2.18. The maximum Gasteiger partial charge on any atom is 0.205 e. The molecule has 0 aliphatic rings. The van der Waals surface area contributed by atoms with Gasteiger partial charge >= 0.3 is 0 Å². The molecule has 5 rings (SSSR count). The van der Waals surface area contributed by atoms with Crippen molar-refractivity contribution in [2.45, 2.75) is 17.5 Å². The van der Waals surface area contributed by atoms with E-state index in [1.54, 1.807) is 24.4 Å². The third-order valence-corrected chi connectivity index (χ3v) is 5.90. The van der Waals surface area contributed by atoms with Gasteiger partial charge in [-0.05, 0) is 17.7 Å². The first-order chi connectivity index (χ1) is 15.8. The van der Waals surface area contributed by atoms with E-state index < -0.39 is 0 Å². The van der Waals surface area contributed by atoms with Gasteiger partial charge in [-0.15, -0.1) is 10.2 Å². The molecule has 0 aliphatic heterocycles. The number of nitrogens with zero attached hydrogens (tertiary/aromatic N) is 4. The van der Waals surface area contributed by atoms with E-state index in [4.69, 9.17) is 4.42 Å². The van der Waals surface area contributed by atoms with Crippen molar-refractivity contribution in [1.82, 2.24) is 19.7 Å². The highest BCUT2D eigenvalue weighted by atomic mass is 32.2. The van der Waals surface area contributed by atoms with E-state index in [0.717, 1.165) is 16.9 Å². The molecule has 2 heterocycles. The molecule has 0 unspecified atom stereocenters. The highest BCUT2D eigenvalue weighted by molar-refractivity contribution is 7.98. The number of hydrogen-bond donors (Lipinski definition) is 0. The molecule has 0 N–H and O–H groups in total. The second kappa shape index (κ2) is 9.20. The molecule has 0 fully saturated rings. The van der Waals surface area contributed by atoms with Crippen LogP contribution in [0.15, 0.2) is 101 Å². The van der Waals surface area contributed by atoms with Gasteiger partial charge in [-0.25, -0.2) is 9.37 Å². The molecule has 7 heteroatoms. The minimum Gasteiger partial charge on any atom is -0.440 e. The molecule has 0 atom stereocenters. The SMILES string of the molecule is Fc1ccccc1-c1nnc(SCc2ncc(-c3ccccc3)o2)n1Cc1ccccc1. The van der Waals surface area contributed by atoms with Crippen LogP contribution in [0.25, 0.3) is 22.7 Å². The number of rotatable bonds is 7. The van der Waals surface area contributed by atoms with Gasteiger partial charge in [0.25, 0.3) is 0 Å². The Hall–Kier alpha value is -3.71. The van der Waals surface area contributed by atoms with Gasteiger partial charge in [0.15, 0.2) is 16.7 Å². The van der Waals surface area contributed by atoms with Crippen LogP contribution in [-0.2, 0) is 12.3 Å². The van der Waals surface area contributed by atoms with E-state index in [-0.39, 0.29) is 5.82 Å². The van der Waals surface area contributed by atoms with Crippen molar-refractivity contribution in [3.8, 4) is 22.7 Å². The zero-order valence-corrected chi connectivity index (χ0v) is 17.9. The Morgan fingerprint density at radius 1 is 0.844 bits per heavy atom. The van der Waals surface area contributed by atoms with Gasteiger partial charge in [0.05, 0.1) is 24.1 Å². The minimum atomic E-state index is -0.328. The van der Waals surface area contributed by atoms with Crippen molar-refractivity contribution in [1.29, 1.82) is 0 Å². The molecule has 2 aromatic heterocycles. The number of aromatic nitrogens is 4. The highest BCUT2D eigenvalue weighted by Crippen LogP contribution is 2.29. The lowest BCUT2D eigenvalue weighted by Gasteiger charge is -2.10. The summed E-state index contributed by atoms with van der Waals surface area (Å²) in [6, 6.07) is 26.4. The number of thioether (sulfide) groups is 1. The van der Waals surface area contributed by atoms with E-state index in [2.05, 4.69) is 15.2 Å². The lowest BCUT2D eigenvalue weighted by atomic mass is 10.2. The van der Waals surface area contributed by atoms with Crippen LogP contribution in [-0.4, -0.2) is 19.7 Å². The molecule has 5 aromatic rings. The molecular weight excluding hydrogens is 423 g/mol. The third kappa shape index (κ3) is 4.33. The maximum atomic E-state index is 14.5. The molecule has 0 saturated carbocycles. The zero-order chi connectivity index (χ0) is 21.8. The Balaban J connectivity index is 1.42. The Morgan fingerprint density at radius 2 is 1.56 bits per heavy atom. The third-order valence-electron chi connectivity index (χ3n) is 4.95. The van der Waals surface area contributed by atoms with Gasteiger partial charge in [0.1, 0.15) is 5.82 Å². The van der Waals surface area contributed by atoms with E-state index in [1.807, 2.05) is 65.2 Å². The van der Waals surface area contributed by atoms with Crippen molar-refractivity contribution >= 4 is 11.8 Å². The van der Waals surface area contributed by atoms with Gasteiger partial charge in [-0.2, -0.15) is 0 Å². The van der Waals surface area contributed by atoms with Gasteiger partial charge < -0.3 is 4.42 Å². The summed E-state index contributed by atoms with van der Waals surface area (Å²) in [7, 11) is 0. The van der Waals surface area contributed by atoms with E-state index >= 15 is 0 Å². The molecule has 0 saturated heterocycles. The van der Waals surface area contributed by atoms with Gasteiger partial charge in [-0.3, -0.25) is 4.57 Å². The zero-order valence-electron chi connectivity index (χ0n) is 17.1. The Bertz CT molecular complexity index is 1320. The second-order valence-electron chi connectivity index (χ2n) is 7.13. The number of halogens is 1. The summed E-state index contributed by atoms with van der Waals surface area (Å²) in [5.74, 6) is 1.96. The van der Waals surface area contributed by atoms with Crippen LogP contribution in [0.3, 0.4) is 0 Å². The summed E-state index contributed by atoms with van der Waals surface area (Å²) < 4.78 is 22.3. The molecule has 158 valence electrons. The van der Waals surface area contributed by atoms with E-state index in [0.29, 0.717) is 34.7 Å². The molecular formula is C25H19FN4OS. The lowest BCUT2D eigenvalue weighted by Crippen LogP contribution is -2.05. The smallest absolute Gasteiger partial charge is 0.205 e. The van der Waals surface area contributed by atoms with E-state index in [1.165, 1.54) is 17.8 Å². The van der Waals surface area contributed by atoms with E-state index in [9.17, 15) is 4.39 Å². The first kappa shape index (κ1) is 20.2. The molecule has 0 bridgehead atoms. The molecule has 0 aliphatic carbocycles. The fourth-order valence-electron chi connectivity index (χ4n) is 3.38. The monoisotopic (exact) mass is 442 g/mol. The summed E-state index contributed by atoms with van der Waals surface area (Å²) in [4.78, 5) is 4.40. The number of hydrogen-bond acceptors (Lipinski definition) is 5. The van der Waals surface area contributed by atoms with Crippen LogP contribution in [0.1, 0.15) is 11.5 Å². The van der Waals surface area contributed by atoms with Crippen LogP contribution < -0.4 is 0 Å². The number of benzene rings is 3. The largest absolute Gasteiger partial charge is 0.440 e. The summed E-state index contributed by atoms with van der Waals surface area (Å²) in [5, 5.41) is 9.33. The normalized spacial score (nSPS) is 11.0. The number of oxazole rings is 1. The summed E-state index contributed by atoms with van der Waals surface area (Å²) >= 11 is 1.46. The Kier molecular flexibility index (Phi) is 5.81. The first-order valence-electron chi connectivity index (χ1n) is 10.1. The predicted octanol–water partition coefficient (Wildman–Crippen LogP) is 6.08. The van der Waals surface area contributed by atoms with Gasteiger partial charge in [0, 0.05) is 5.56 Å². The fourth-order valence-corrected chi connectivity index (χ4v) is 4.18. The Morgan fingerprint density at radius 3 is 2.34 bits per heavy atom. The Labute approximate surface area is 189 Å². The second-order valence-corrected chi connectivity index (χ2v) is 8.07. The standard InChI is InChI=1S/C25H19FN4OS/c26-21-14-8-7-13-20(21)24-28-29-25(30(24)16-18-9-3-1-4-10-18)32-17-23-27-15-22(31-23)19-11-5-2-6-12-19/h1-15H,16-17H2. The van der Waals surface area contributed by atoms with Crippen LogP contribution in [0.2, 0.25) is 0 Å². The quantitative estimate of drug-likeness (QED) is 0.286. The van der Waals surface area contributed by atoms with Gasteiger partial charge in [0.2, 0.25) is 5.89 Å². The van der Waals surface area contributed by atoms with Crippen molar-refractivity contribution in [3.05, 3.63) is 108 Å². The summed E-state index contributed by atoms with van der Waals surface area (Å²) in [6.07, 6.45) is 1.73. The molecule has 0 amide bonds. The van der Waals surface area contributed by atoms with Crippen molar-refractivity contribution < 1.29 is 8.81 Å². The van der Waals surface area contributed by atoms with Crippen molar-refractivity contribution in [2.75, 3.05) is 0 Å².